The molecular formula is C14H22BrN3O2. The molecule has 0 amide bonds. The number of aromatic nitrogens is 2. The van der Waals surface area contributed by atoms with Gasteiger partial charge in [-0.1, -0.05) is 6.92 Å². The van der Waals surface area contributed by atoms with Gasteiger partial charge in [0.15, 0.2) is 0 Å². The zero-order chi connectivity index (χ0) is 14.8. The van der Waals surface area contributed by atoms with Crippen LogP contribution in [0.4, 0.5) is 5.69 Å². The number of anilines is 1. The summed E-state index contributed by atoms with van der Waals surface area (Å²) in [6, 6.07) is 0. The summed E-state index contributed by atoms with van der Waals surface area (Å²) in [6.07, 6.45) is 5.34. The Hall–Kier alpha value is -0.880. The number of nitrogens with zero attached hydrogens (tertiary/aromatic N) is 2. The molecule has 112 valence electrons. The molecule has 1 fully saturated rings. The van der Waals surface area contributed by atoms with Crippen molar-refractivity contribution < 1.29 is 5.11 Å². The van der Waals surface area contributed by atoms with E-state index in [2.05, 4.69) is 33.3 Å². The lowest BCUT2D eigenvalue weighted by Gasteiger charge is -2.35. The molecule has 0 atom stereocenters. The monoisotopic (exact) mass is 343 g/mol. The summed E-state index contributed by atoms with van der Waals surface area (Å²) in [6.45, 7) is 5.09. The minimum atomic E-state index is -0.675. The Kier molecular flexibility index (Phi) is 4.86. The summed E-state index contributed by atoms with van der Waals surface area (Å²) < 4.78 is 1.87. The molecule has 1 aromatic rings. The third-order valence-electron chi connectivity index (χ3n) is 4.10. The molecule has 2 N–H and O–H groups in total. The maximum Gasteiger partial charge on any atom is 0.283 e. The van der Waals surface area contributed by atoms with E-state index >= 15 is 0 Å². The van der Waals surface area contributed by atoms with Crippen LogP contribution in [0.3, 0.4) is 0 Å². The van der Waals surface area contributed by atoms with Crippen LogP contribution in [0, 0.1) is 5.92 Å². The minimum absolute atomic E-state index is 0.151. The molecule has 0 unspecified atom stereocenters. The number of nitrogens with one attached hydrogen (secondary N) is 1. The topological polar surface area (TPSA) is 67.2 Å². The van der Waals surface area contributed by atoms with Gasteiger partial charge in [0.05, 0.1) is 17.5 Å². The zero-order valence-corrected chi connectivity index (χ0v) is 13.6. The maximum absolute atomic E-state index is 11.9. The second kappa shape index (κ2) is 6.26. The van der Waals surface area contributed by atoms with E-state index in [1.54, 1.807) is 6.20 Å². The van der Waals surface area contributed by atoms with Crippen LogP contribution in [0.1, 0.15) is 39.5 Å². The molecule has 1 aliphatic carbocycles. The quantitative estimate of drug-likeness (QED) is 0.880. The van der Waals surface area contributed by atoms with Crippen molar-refractivity contribution >= 4 is 21.6 Å². The van der Waals surface area contributed by atoms with Crippen molar-refractivity contribution in [2.45, 2.75) is 51.7 Å². The van der Waals surface area contributed by atoms with Crippen molar-refractivity contribution in [2.75, 3.05) is 11.9 Å². The lowest BCUT2D eigenvalue weighted by Crippen LogP contribution is -2.40. The van der Waals surface area contributed by atoms with E-state index in [-0.39, 0.29) is 5.56 Å². The molecule has 0 saturated heterocycles. The van der Waals surface area contributed by atoms with Gasteiger partial charge in [-0.2, -0.15) is 5.10 Å². The van der Waals surface area contributed by atoms with Gasteiger partial charge in [-0.15, -0.1) is 0 Å². The Morgan fingerprint density at radius 3 is 2.80 bits per heavy atom. The van der Waals surface area contributed by atoms with Gasteiger partial charge in [0.25, 0.3) is 5.56 Å². The molecule has 6 heteroatoms. The first kappa shape index (κ1) is 15.5. The highest BCUT2D eigenvalue weighted by Gasteiger charge is 2.31. The summed E-state index contributed by atoms with van der Waals surface area (Å²) in [5.74, 6) is 0.692. The van der Waals surface area contributed by atoms with Crippen molar-refractivity contribution in [1.82, 2.24) is 9.78 Å². The van der Waals surface area contributed by atoms with Crippen molar-refractivity contribution in [1.29, 1.82) is 0 Å². The summed E-state index contributed by atoms with van der Waals surface area (Å²) in [4.78, 5) is 11.9. The second-order valence-corrected chi connectivity index (χ2v) is 6.55. The molecule has 1 aliphatic rings. The van der Waals surface area contributed by atoms with Crippen molar-refractivity contribution in [3.8, 4) is 0 Å². The molecular weight excluding hydrogens is 322 g/mol. The number of halogens is 1. The van der Waals surface area contributed by atoms with Gasteiger partial charge in [0.2, 0.25) is 0 Å². The van der Waals surface area contributed by atoms with Crippen LogP contribution in [0.2, 0.25) is 0 Å². The van der Waals surface area contributed by atoms with Gasteiger partial charge in [0, 0.05) is 13.1 Å². The first-order valence-corrected chi connectivity index (χ1v) is 7.96. The number of aliphatic hydroxyl groups is 1. The molecule has 5 nitrogen and oxygen atoms in total. The van der Waals surface area contributed by atoms with E-state index in [0.717, 1.165) is 25.7 Å². The Morgan fingerprint density at radius 2 is 2.20 bits per heavy atom. The molecule has 0 spiro atoms. The van der Waals surface area contributed by atoms with E-state index < -0.39 is 5.60 Å². The van der Waals surface area contributed by atoms with Crippen LogP contribution in [-0.2, 0) is 6.54 Å². The fraction of sp³-hybridized carbons (Fsp3) is 0.714. The van der Waals surface area contributed by atoms with Crippen LogP contribution in [0.5, 0.6) is 0 Å². The van der Waals surface area contributed by atoms with E-state index in [1.165, 1.54) is 4.68 Å². The van der Waals surface area contributed by atoms with Crippen molar-refractivity contribution in [2.24, 2.45) is 5.92 Å². The van der Waals surface area contributed by atoms with Gasteiger partial charge >= 0.3 is 0 Å². The molecule has 1 heterocycles. The smallest absolute Gasteiger partial charge is 0.283 e. The molecule has 1 aromatic heterocycles. The Labute approximate surface area is 127 Å². The van der Waals surface area contributed by atoms with Gasteiger partial charge < -0.3 is 10.4 Å². The van der Waals surface area contributed by atoms with E-state index in [9.17, 15) is 9.90 Å². The first-order chi connectivity index (χ1) is 9.45. The normalized spacial score (nSPS) is 26.5. The number of rotatable bonds is 4. The Morgan fingerprint density at radius 1 is 1.55 bits per heavy atom. The van der Waals surface area contributed by atoms with E-state index in [4.69, 9.17) is 0 Å². The van der Waals surface area contributed by atoms with E-state index in [1.807, 2.05) is 6.92 Å². The first-order valence-electron chi connectivity index (χ1n) is 7.17. The van der Waals surface area contributed by atoms with Gasteiger partial charge in [-0.05, 0) is 54.5 Å². The Bertz CT molecular complexity index is 522. The minimum Gasteiger partial charge on any atom is -0.388 e. The molecule has 0 aromatic carbocycles. The third-order valence-corrected chi connectivity index (χ3v) is 4.86. The highest BCUT2D eigenvalue weighted by atomic mass is 79.9. The molecule has 0 aliphatic heterocycles. The lowest BCUT2D eigenvalue weighted by molar-refractivity contribution is 0.00499. The van der Waals surface area contributed by atoms with Gasteiger partial charge in [-0.25, -0.2) is 4.68 Å². The van der Waals surface area contributed by atoms with E-state index in [0.29, 0.717) is 29.2 Å². The van der Waals surface area contributed by atoms with Gasteiger partial charge in [0.1, 0.15) is 4.47 Å². The summed E-state index contributed by atoms with van der Waals surface area (Å²) >= 11 is 3.31. The van der Waals surface area contributed by atoms with Crippen molar-refractivity contribution in [3.05, 3.63) is 21.0 Å². The highest BCUT2D eigenvalue weighted by Crippen LogP contribution is 2.32. The molecule has 1 saturated carbocycles. The van der Waals surface area contributed by atoms with Crippen LogP contribution < -0.4 is 10.9 Å². The summed E-state index contributed by atoms with van der Waals surface area (Å²) in [5.41, 5.74) is -0.181. The third kappa shape index (κ3) is 3.41. The summed E-state index contributed by atoms with van der Waals surface area (Å²) in [5, 5.41) is 17.8. The fourth-order valence-corrected chi connectivity index (χ4v) is 3.00. The summed E-state index contributed by atoms with van der Waals surface area (Å²) in [7, 11) is 0. The SMILES string of the molecule is CCn1ncc(NCC2(O)CCC(C)CC2)c(Br)c1=O. The average Bonchev–Trinajstić information content (AvgIpc) is 2.44. The molecule has 20 heavy (non-hydrogen) atoms. The maximum atomic E-state index is 11.9. The standard InChI is InChI=1S/C14H22BrN3O2/c1-3-18-13(19)12(15)11(8-17-18)16-9-14(20)6-4-10(2)5-7-14/h8,10,16,20H,3-7,9H2,1-2H3. The Balaban J connectivity index is 2.04. The largest absolute Gasteiger partial charge is 0.388 e. The molecule has 0 radical (unpaired) electrons. The average molecular weight is 344 g/mol. The number of hydrogen-bond donors (Lipinski definition) is 2. The van der Waals surface area contributed by atoms with Crippen LogP contribution >= 0.6 is 15.9 Å². The van der Waals surface area contributed by atoms with Gasteiger partial charge in [-0.3, -0.25) is 4.79 Å². The molecule has 0 bridgehead atoms. The fourth-order valence-electron chi connectivity index (χ4n) is 2.55. The molecule has 2 rings (SSSR count). The van der Waals surface area contributed by atoms with Crippen LogP contribution in [0.25, 0.3) is 0 Å². The highest BCUT2D eigenvalue weighted by molar-refractivity contribution is 9.10. The predicted molar refractivity (Wildman–Crippen MR) is 82.9 cm³/mol. The van der Waals surface area contributed by atoms with Crippen LogP contribution in [-0.4, -0.2) is 27.0 Å². The van der Waals surface area contributed by atoms with Crippen LogP contribution in [0.15, 0.2) is 15.5 Å². The second-order valence-electron chi connectivity index (χ2n) is 5.75. The number of aryl methyl sites for hydroxylation is 1. The predicted octanol–water partition coefficient (Wildman–Crippen LogP) is 2.38. The van der Waals surface area contributed by atoms with Crippen molar-refractivity contribution in [3.63, 3.8) is 0 Å². The number of hydrogen-bond acceptors (Lipinski definition) is 4. The lowest BCUT2D eigenvalue weighted by atomic mass is 9.79. The zero-order valence-electron chi connectivity index (χ0n) is 12.0.